The molecule has 2 rings (SSSR count). The summed E-state index contributed by atoms with van der Waals surface area (Å²) < 4.78 is 39.8. The quantitative estimate of drug-likeness (QED) is 0.843. The summed E-state index contributed by atoms with van der Waals surface area (Å²) in [5.74, 6) is 0. The van der Waals surface area contributed by atoms with E-state index in [9.17, 15) is 13.2 Å². The van der Waals surface area contributed by atoms with Crippen LogP contribution in [0.3, 0.4) is 0 Å². The van der Waals surface area contributed by atoms with Crippen LogP contribution >= 0.6 is 0 Å². The zero-order valence-electron chi connectivity index (χ0n) is 11.4. The Kier molecular flexibility index (Phi) is 3.43. The van der Waals surface area contributed by atoms with E-state index >= 15 is 0 Å². The lowest BCUT2D eigenvalue weighted by Gasteiger charge is -2.50. The van der Waals surface area contributed by atoms with Crippen molar-refractivity contribution in [1.29, 1.82) is 0 Å². The molecule has 1 aliphatic carbocycles. The Labute approximate surface area is 107 Å². The van der Waals surface area contributed by atoms with Crippen molar-refractivity contribution < 1.29 is 13.2 Å². The molecule has 0 spiro atoms. The average Bonchev–Trinajstić information content (AvgIpc) is 3.11. The van der Waals surface area contributed by atoms with E-state index in [1.807, 2.05) is 6.92 Å². The minimum Gasteiger partial charge on any atom is -0.308 e. The number of piperazine rings is 1. The second-order valence-electron chi connectivity index (χ2n) is 5.87. The molecule has 1 heterocycles. The van der Waals surface area contributed by atoms with Crippen LogP contribution in [0.15, 0.2) is 0 Å². The van der Waals surface area contributed by atoms with Gasteiger partial charge in [-0.05, 0) is 32.6 Å². The summed E-state index contributed by atoms with van der Waals surface area (Å²) in [5.41, 5.74) is -1.67. The van der Waals surface area contributed by atoms with Gasteiger partial charge in [-0.1, -0.05) is 13.8 Å². The summed E-state index contributed by atoms with van der Waals surface area (Å²) in [6.07, 6.45) is -1.80. The van der Waals surface area contributed by atoms with Crippen LogP contribution in [0.4, 0.5) is 13.2 Å². The number of nitrogens with zero attached hydrogens (tertiary/aromatic N) is 1. The van der Waals surface area contributed by atoms with Gasteiger partial charge in [0.15, 0.2) is 0 Å². The molecule has 0 radical (unpaired) electrons. The predicted octanol–water partition coefficient (Wildman–Crippen LogP) is 2.93. The average molecular weight is 264 g/mol. The molecule has 106 valence electrons. The summed E-state index contributed by atoms with van der Waals surface area (Å²) in [5, 5.41) is 3.45. The van der Waals surface area contributed by atoms with E-state index in [1.165, 1.54) is 0 Å². The SMILES string of the molecule is CCC1(CC)CN(C2(C(F)(F)F)CC2)C(C)CN1. The Bertz CT molecular complexity index is 306. The maximum atomic E-state index is 13.3. The number of nitrogens with one attached hydrogen (secondary N) is 1. The molecule has 1 atom stereocenters. The van der Waals surface area contributed by atoms with Gasteiger partial charge in [0.1, 0.15) is 5.54 Å². The molecule has 1 aliphatic heterocycles. The number of hydrogen-bond acceptors (Lipinski definition) is 2. The minimum absolute atomic E-state index is 0.0413. The van der Waals surface area contributed by atoms with Gasteiger partial charge in [-0.2, -0.15) is 13.2 Å². The van der Waals surface area contributed by atoms with Gasteiger partial charge in [-0.3, -0.25) is 4.90 Å². The molecule has 1 saturated carbocycles. The highest BCUT2D eigenvalue weighted by Gasteiger charge is 2.68. The molecule has 2 aliphatic rings. The summed E-state index contributed by atoms with van der Waals surface area (Å²) in [6, 6.07) is -0.0413. The summed E-state index contributed by atoms with van der Waals surface area (Å²) in [6.45, 7) is 7.17. The fourth-order valence-electron chi connectivity index (χ4n) is 3.16. The maximum Gasteiger partial charge on any atom is 0.406 e. The molecule has 1 saturated heterocycles. The Hall–Kier alpha value is -0.290. The molecule has 2 fully saturated rings. The van der Waals surface area contributed by atoms with Crippen LogP contribution in [-0.2, 0) is 0 Å². The van der Waals surface area contributed by atoms with Gasteiger partial charge in [0.2, 0.25) is 0 Å². The summed E-state index contributed by atoms with van der Waals surface area (Å²) in [7, 11) is 0. The van der Waals surface area contributed by atoms with Gasteiger partial charge in [0, 0.05) is 24.7 Å². The second-order valence-corrected chi connectivity index (χ2v) is 5.87. The first-order chi connectivity index (χ1) is 8.30. The second kappa shape index (κ2) is 4.37. The van der Waals surface area contributed by atoms with E-state index < -0.39 is 11.7 Å². The van der Waals surface area contributed by atoms with Crippen LogP contribution < -0.4 is 5.32 Å². The van der Waals surface area contributed by atoms with Crippen molar-refractivity contribution in [2.45, 2.75) is 69.8 Å². The Morgan fingerprint density at radius 2 is 1.78 bits per heavy atom. The smallest absolute Gasteiger partial charge is 0.308 e. The largest absolute Gasteiger partial charge is 0.406 e. The molecule has 1 unspecified atom stereocenters. The molecule has 1 N–H and O–H groups in total. The van der Waals surface area contributed by atoms with E-state index in [0.717, 1.165) is 12.8 Å². The van der Waals surface area contributed by atoms with Crippen molar-refractivity contribution in [1.82, 2.24) is 10.2 Å². The van der Waals surface area contributed by atoms with Crippen LogP contribution in [-0.4, -0.2) is 41.3 Å². The normalized spacial score (nSPS) is 31.3. The molecule has 0 aromatic carbocycles. The van der Waals surface area contributed by atoms with Crippen LogP contribution in [0, 0.1) is 0 Å². The molecular formula is C13H23F3N2. The third-order valence-corrected chi connectivity index (χ3v) is 4.93. The number of rotatable bonds is 3. The molecule has 5 heteroatoms. The van der Waals surface area contributed by atoms with Crippen molar-refractivity contribution in [2.24, 2.45) is 0 Å². The monoisotopic (exact) mass is 264 g/mol. The van der Waals surface area contributed by atoms with Gasteiger partial charge in [0.05, 0.1) is 0 Å². The highest BCUT2D eigenvalue weighted by atomic mass is 19.4. The lowest BCUT2D eigenvalue weighted by atomic mass is 9.87. The van der Waals surface area contributed by atoms with Gasteiger partial charge in [0.25, 0.3) is 0 Å². The van der Waals surface area contributed by atoms with Crippen LogP contribution in [0.1, 0.15) is 46.5 Å². The van der Waals surface area contributed by atoms with Crippen molar-refractivity contribution in [2.75, 3.05) is 13.1 Å². The third-order valence-electron chi connectivity index (χ3n) is 4.93. The summed E-state index contributed by atoms with van der Waals surface area (Å²) in [4.78, 5) is 1.72. The molecular weight excluding hydrogens is 241 g/mol. The van der Waals surface area contributed by atoms with Crippen LogP contribution in [0.25, 0.3) is 0 Å². The van der Waals surface area contributed by atoms with Crippen molar-refractivity contribution >= 4 is 0 Å². The zero-order valence-corrected chi connectivity index (χ0v) is 11.4. The van der Waals surface area contributed by atoms with Crippen molar-refractivity contribution in [3.63, 3.8) is 0 Å². The lowest BCUT2D eigenvalue weighted by Crippen LogP contribution is -2.68. The lowest BCUT2D eigenvalue weighted by molar-refractivity contribution is -0.208. The van der Waals surface area contributed by atoms with Gasteiger partial charge < -0.3 is 5.32 Å². The van der Waals surface area contributed by atoms with Crippen molar-refractivity contribution in [3.8, 4) is 0 Å². The van der Waals surface area contributed by atoms with Gasteiger partial charge in [-0.25, -0.2) is 0 Å². The first-order valence-corrected chi connectivity index (χ1v) is 6.89. The number of hydrogen-bond donors (Lipinski definition) is 1. The standard InChI is InChI=1S/C13H23F3N2/c1-4-11(5-2)9-18(10(3)8-17-11)12(6-7-12)13(14,15)16/h10,17H,4-9H2,1-3H3. The maximum absolute atomic E-state index is 13.3. The van der Waals surface area contributed by atoms with E-state index in [4.69, 9.17) is 0 Å². The van der Waals surface area contributed by atoms with Crippen molar-refractivity contribution in [3.05, 3.63) is 0 Å². The first kappa shape index (κ1) is 14.1. The molecule has 2 nitrogen and oxygen atoms in total. The topological polar surface area (TPSA) is 15.3 Å². The molecule has 0 aromatic heterocycles. The number of halogens is 3. The highest BCUT2D eigenvalue weighted by Crippen LogP contribution is 2.55. The Morgan fingerprint density at radius 3 is 2.17 bits per heavy atom. The van der Waals surface area contributed by atoms with E-state index in [0.29, 0.717) is 13.1 Å². The number of alkyl halides is 3. The van der Waals surface area contributed by atoms with E-state index in [2.05, 4.69) is 19.2 Å². The Balaban J connectivity index is 2.21. The molecule has 0 bridgehead atoms. The third kappa shape index (κ3) is 2.05. The molecule has 0 amide bonds. The van der Waals surface area contributed by atoms with Gasteiger partial charge >= 0.3 is 6.18 Å². The zero-order chi connectivity index (χ0) is 13.6. The highest BCUT2D eigenvalue weighted by molar-refractivity contribution is 5.14. The predicted molar refractivity (Wildman–Crippen MR) is 65.5 cm³/mol. The molecule has 18 heavy (non-hydrogen) atoms. The van der Waals surface area contributed by atoms with E-state index in [-0.39, 0.29) is 24.4 Å². The van der Waals surface area contributed by atoms with E-state index in [1.54, 1.807) is 4.90 Å². The molecule has 0 aromatic rings. The van der Waals surface area contributed by atoms with Crippen LogP contribution in [0.2, 0.25) is 0 Å². The summed E-state index contributed by atoms with van der Waals surface area (Å²) >= 11 is 0. The Morgan fingerprint density at radius 1 is 1.22 bits per heavy atom. The minimum atomic E-state index is -4.09. The fraction of sp³-hybridized carbons (Fsp3) is 1.00. The first-order valence-electron chi connectivity index (χ1n) is 6.89. The van der Waals surface area contributed by atoms with Crippen LogP contribution in [0.5, 0.6) is 0 Å². The fourth-order valence-corrected chi connectivity index (χ4v) is 3.16. The van der Waals surface area contributed by atoms with Gasteiger partial charge in [-0.15, -0.1) is 0 Å².